The van der Waals surface area contributed by atoms with Gasteiger partial charge in [-0.05, 0) is 37.5 Å². The zero-order valence-electron chi connectivity index (χ0n) is 16.0. The van der Waals surface area contributed by atoms with E-state index in [9.17, 15) is 0 Å². The maximum atomic E-state index is 5.28. The third kappa shape index (κ3) is 14.2. The largest absolute Gasteiger partial charge is 0.120 e. The van der Waals surface area contributed by atoms with Crippen LogP contribution < -0.4 is 0 Å². The molecule has 2 unspecified atom stereocenters. The molecule has 0 spiro atoms. The second kappa shape index (κ2) is 13.9. The third-order valence-corrected chi connectivity index (χ3v) is 4.71. The summed E-state index contributed by atoms with van der Waals surface area (Å²) in [5.74, 6) is 5.34. The van der Waals surface area contributed by atoms with E-state index in [-0.39, 0.29) is 0 Å². The summed E-state index contributed by atoms with van der Waals surface area (Å²) < 4.78 is 0. The van der Waals surface area contributed by atoms with Crippen LogP contribution in [0.2, 0.25) is 0 Å². The highest BCUT2D eigenvalue weighted by atomic mass is 14.1. The van der Waals surface area contributed by atoms with Gasteiger partial charge in [-0.25, -0.2) is 0 Å². The van der Waals surface area contributed by atoms with Crippen LogP contribution >= 0.6 is 0 Å². The standard InChI is InChI=1S/C22H40/c1-7-8-13-20(4)15-10-17-22(6)18-11-16-21(5)14-9-12-19(2)3/h1,13,19,21-22H,8-12,14-18H2,2-6H3. The van der Waals surface area contributed by atoms with Crippen LogP contribution in [-0.2, 0) is 0 Å². The number of hydrogen-bond donors (Lipinski definition) is 0. The summed E-state index contributed by atoms with van der Waals surface area (Å²) >= 11 is 0. The van der Waals surface area contributed by atoms with Crippen molar-refractivity contribution in [2.24, 2.45) is 17.8 Å². The lowest BCUT2D eigenvalue weighted by atomic mass is 9.91. The van der Waals surface area contributed by atoms with Gasteiger partial charge in [0.25, 0.3) is 0 Å². The maximum absolute atomic E-state index is 5.28. The molecule has 0 bridgehead atoms. The number of rotatable bonds is 13. The second-order valence-corrected chi connectivity index (χ2v) is 7.82. The van der Waals surface area contributed by atoms with E-state index >= 15 is 0 Å². The zero-order valence-corrected chi connectivity index (χ0v) is 16.0. The highest BCUT2D eigenvalue weighted by molar-refractivity contribution is 5.04. The SMILES string of the molecule is C#CCC=C(C)CCCC(C)CCCC(C)CCCC(C)C. The van der Waals surface area contributed by atoms with Gasteiger partial charge in [0.1, 0.15) is 0 Å². The van der Waals surface area contributed by atoms with E-state index < -0.39 is 0 Å². The summed E-state index contributed by atoms with van der Waals surface area (Å²) in [6.45, 7) is 11.7. The fourth-order valence-corrected chi connectivity index (χ4v) is 3.04. The third-order valence-electron chi connectivity index (χ3n) is 4.71. The Hall–Kier alpha value is -0.700. The van der Waals surface area contributed by atoms with E-state index in [2.05, 4.69) is 46.6 Å². The minimum atomic E-state index is 0.788. The van der Waals surface area contributed by atoms with Crippen molar-refractivity contribution >= 4 is 0 Å². The van der Waals surface area contributed by atoms with Crippen LogP contribution in [-0.4, -0.2) is 0 Å². The molecule has 0 saturated carbocycles. The molecule has 128 valence electrons. The van der Waals surface area contributed by atoms with Crippen molar-refractivity contribution in [3.8, 4) is 12.3 Å². The van der Waals surface area contributed by atoms with Gasteiger partial charge in [0, 0.05) is 6.42 Å². The van der Waals surface area contributed by atoms with E-state index in [1.54, 1.807) is 0 Å². The Balaban J connectivity index is 3.57. The van der Waals surface area contributed by atoms with E-state index in [0.29, 0.717) is 0 Å². The summed E-state index contributed by atoms with van der Waals surface area (Å²) in [6.07, 6.45) is 20.6. The van der Waals surface area contributed by atoms with Crippen LogP contribution in [0.3, 0.4) is 0 Å². The molecule has 0 nitrogen and oxygen atoms in total. The summed E-state index contributed by atoms with van der Waals surface area (Å²) in [4.78, 5) is 0. The molecule has 0 aromatic carbocycles. The summed E-state index contributed by atoms with van der Waals surface area (Å²) in [7, 11) is 0. The van der Waals surface area contributed by atoms with Crippen molar-refractivity contribution in [1.82, 2.24) is 0 Å². The zero-order chi connectivity index (χ0) is 16.8. The lowest BCUT2D eigenvalue weighted by molar-refractivity contribution is 0.389. The number of terminal acetylenes is 1. The normalized spacial score (nSPS) is 14.9. The van der Waals surface area contributed by atoms with Crippen LogP contribution in [0.1, 0.15) is 98.8 Å². The van der Waals surface area contributed by atoms with Gasteiger partial charge in [0.05, 0.1) is 0 Å². The van der Waals surface area contributed by atoms with Gasteiger partial charge < -0.3 is 0 Å². The minimum Gasteiger partial charge on any atom is -0.120 e. The van der Waals surface area contributed by atoms with E-state index in [4.69, 9.17) is 6.42 Å². The predicted octanol–water partition coefficient (Wildman–Crippen LogP) is 7.40. The number of allylic oxidation sites excluding steroid dienone is 2. The second-order valence-electron chi connectivity index (χ2n) is 7.82. The van der Waals surface area contributed by atoms with Crippen LogP contribution in [0.5, 0.6) is 0 Å². The molecule has 0 aliphatic rings. The van der Waals surface area contributed by atoms with Crippen LogP contribution in [0.4, 0.5) is 0 Å². The molecule has 0 saturated heterocycles. The van der Waals surface area contributed by atoms with E-state index in [0.717, 1.165) is 24.2 Å². The summed E-state index contributed by atoms with van der Waals surface area (Å²) in [6, 6.07) is 0. The Morgan fingerprint density at radius 2 is 1.36 bits per heavy atom. The fourth-order valence-electron chi connectivity index (χ4n) is 3.04. The van der Waals surface area contributed by atoms with Gasteiger partial charge in [0.15, 0.2) is 0 Å². The molecule has 0 rings (SSSR count). The molecular weight excluding hydrogens is 264 g/mol. The van der Waals surface area contributed by atoms with Crippen LogP contribution in [0.15, 0.2) is 11.6 Å². The maximum Gasteiger partial charge on any atom is 0.0269 e. The van der Waals surface area contributed by atoms with Gasteiger partial charge >= 0.3 is 0 Å². The van der Waals surface area contributed by atoms with Crippen molar-refractivity contribution in [3.63, 3.8) is 0 Å². The Morgan fingerprint density at radius 3 is 1.86 bits per heavy atom. The first-order valence-corrected chi connectivity index (χ1v) is 9.54. The Morgan fingerprint density at radius 1 is 0.864 bits per heavy atom. The van der Waals surface area contributed by atoms with Crippen molar-refractivity contribution in [3.05, 3.63) is 11.6 Å². The molecule has 0 aliphatic heterocycles. The highest BCUT2D eigenvalue weighted by Crippen LogP contribution is 2.22. The molecule has 0 N–H and O–H groups in total. The van der Waals surface area contributed by atoms with Gasteiger partial charge in [-0.15, -0.1) is 12.3 Å². The van der Waals surface area contributed by atoms with E-state index in [1.807, 2.05) is 0 Å². The summed E-state index contributed by atoms with van der Waals surface area (Å²) in [5.41, 5.74) is 1.46. The Labute approximate surface area is 141 Å². The lowest BCUT2D eigenvalue weighted by Gasteiger charge is -2.15. The van der Waals surface area contributed by atoms with Crippen molar-refractivity contribution in [2.45, 2.75) is 98.8 Å². The molecule has 0 aromatic heterocycles. The van der Waals surface area contributed by atoms with Gasteiger partial charge in [-0.1, -0.05) is 84.3 Å². The summed E-state index contributed by atoms with van der Waals surface area (Å²) in [5, 5.41) is 0. The van der Waals surface area contributed by atoms with Crippen molar-refractivity contribution in [1.29, 1.82) is 0 Å². The van der Waals surface area contributed by atoms with Crippen molar-refractivity contribution < 1.29 is 0 Å². The molecule has 0 amide bonds. The minimum absolute atomic E-state index is 0.788. The van der Waals surface area contributed by atoms with Gasteiger partial charge in [0.2, 0.25) is 0 Å². The van der Waals surface area contributed by atoms with Gasteiger partial charge in [-0.3, -0.25) is 0 Å². The molecule has 2 atom stereocenters. The Bertz CT molecular complexity index is 315. The predicted molar refractivity (Wildman–Crippen MR) is 102 cm³/mol. The first kappa shape index (κ1) is 21.3. The van der Waals surface area contributed by atoms with Crippen molar-refractivity contribution in [2.75, 3.05) is 0 Å². The lowest BCUT2D eigenvalue weighted by Crippen LogP contribution is -2.00. The molecule has 0 aromatic rings. The van der Waals surface area contributed by atoms with E-state index in [1.165, 1.54) is 63.4 Å². The van der Waals surface area contributed by atoms with Crippen LogP contribution in [0.25, 0.3) is 0 Å². The quantitative estimate of drug-likeness (QED) is 0.246. The Kier molecular flexibility index (Phi) is 13.5. The molecule has 22 heavy (non-hydrogen) atoms. The highest BCUT2D eigenvalue weighted by Gasteiger charge is 2.06. The smallest absolute Gasteiger partial charge is 0.0269 e. The first-order chi connectivity index (χ1) is 10.5. The molecule has 0 aliphatic carbocycles. The molecule has 0 heterocycles. The molecular formula is C22H40. The average Bonchev–Trinajstić information content (AvgIpc) is 2.44. The first-order valence-electron chi connectivity index (χ1n) is 9.54. The van der Waals surface area contributed by atoms with Gasteiger partial charge in [-0.2, -0.15) is 0 Å². The molecule has 0 heteroatoms. The molecule has 0 fully saturated rings. The fraction of sp³-hybridized carbons (Fsp3) is 0.818. The number of hydrogen-bond acceptors (Lipinski definition) is 0. The molecule has 0 radical (unpaired) electrons. The van der Waals surface area contributed by atoms with Crippen LogP contribution in [0, 0.1) is 30.1 Å². The topological polar surface area (TPSA) is 0 Å². The monoisotopic (exact) mass is 304 g/mol. The average molecular weight is 305 g/mol.